The Morgan fingerprint density at radius 2 is 2.05 bits per heavy atom. The number of imidazole rings is 1. The molecule has 0 spiro atoms. The first-order valence-corrected chi connectivity index (χ1v) is 8.07. The van der Waals surface area contributed by atoms with Gasteiger partial charge in [-0.05, 0) is 31.7 Å². The van der Waals surface area contributed by atoms with Gasteiger partial charge in [-0.15, -0.1) is 0 Å². The van der Waals surface area contributed by atoms with Crippen molar-refractivity contribution in [1.82, 2.24) is 14.9 Å². The van der Waals surface area contributed by atoms with E-state index >= 15 is 0 Å². The summed E-state index contributed by atoms with van der Waals surface area (Å²) in [5.74, 6) is 1.22. The zero-order valence-corrected chi connectivity index (χ0v) is 13.1. The van der Waals surface area contributed by atoms with Gasteiger partial charge < -0.3 is 9.88 Å². The number of nitrogens with one attached hydrogen (secondary N) is 1. The van der Waals surface area contributed by atoms with Crippen LogP contribution in [0.15, 0.2) is 36.5 Å². The average molecular weight is 297 g/mol. The second kappa shape index (κ2) is 6.77. The largest absolute Gasteiger partial charge is 0.356 e. The number of amides is 1. The predicted octanol–water partition coefficient (Wildman–Crippen LogP) is 2.82. The van der Waals surface area contributed by atoms with Crippen LogP contribution in [0.2, 0.25) is 0 Å². The molecule has 0 unspecified atom stereocenters. The molecule has 2 aromatic rings. The number of hydrogen-bond donors (Lipinski definition) is 1. The van der Waals surface area contributed by atoms with Crippen LogP contribution in [-0.4, -0.2) is 22.0 Å². The van der Waals surface area contributed by atoms with Gasteiger partial charge in [-0.1, -0.05) is 30.3 Å². The van der Waals surface area contributed by atoms with Gasteiger partial charge in [0.05, 0.1) is 0 Å². The van der Waals surface area contributed by atoms with Crippen molar-refractivity contribution < 1.29 is 4.79 Å². The monoisotopic (exact) mass is 297 g/mol. The molecule has 0 saturated heterocycles. The molecule has 1 N–H and O–H groups in total. The Bertz CT molecular complexity index is 629. The Morgan fingerprint density at radius 3 is 2.77 bits per heavy atom. The lowest BCUT2D eigenvalue weighted by Gasteiger charge is -2.09. The normalized spacial score (nSPS) is 14.0. The summed E-state index contributed by atoms with van der Waals surface area (Å²) in [7, 11) is 0. The molecule has 0 bridgehead atoms. The number of carbonyl (C=O) groups excluding carboxylic acids is 1. The van der Waals surface area contributed by atoms with E-state index in [-0.39, 0.29) is 5.91 Å². The molecule has 0 aliphatic heterocycles. The van der Waals surface area contributed by atoms with E-state index in [1.54, 1.807) is 0 Å². The van der Waals surface area contributed by atoms with Crippen LogP contribution in [0.4, 0.5) is 0 Å². The van der Waals surface area contributed by atoms with Gasteiger partial charge in [-0.3, -0.25) is 4.79 Å². The third kappa shape index (κ3) is 3.75. The highest BCUT2D eigenvalue weighted by Crippen LogP contribution is 2.36. The summed E-state index contributed by atoms with van der Waals surface area (Å²) in [6.07, 6.45) is 6.59. The number of hydrogen-bond acceptors (Lipinski definition) is 2. The average Bonchev–Trinajstić information content (AvgIpc) is 3.30. The first-order valence-electron chi connectivity index (χ1n) is 8.07. The van der Waals surface area contributed by atoms with Gasteiger partial charge in [0.2, 0.25) is 5.91 Å². The minimum absolute atomic E-state index is 0.116. The number of aryl methyl sites for hydroxylation is 2. The molecule has 1 aliphatic carbocycles. The molecule has 0 atom stereocenters. The van der Waals surface area contributed by atoms with Gasteiger partial charge >= 0.3 is 0 Å². The van der Waals surface area contributed by atoms with Crippen LogP contribution in [0.3, 0.4) is 0 Å². The Morgan fingerprint density at radius 1 is 1.27 bits per heavy atom. The predicted molar refractivity (Wildman–Crippen MR) is 86.7 cm³/mol. The molecule has 1 aliphatic rings. The van der Waals surface area contributed by atoms with Gasteiger partial charge in [-0.25, -0.2) is 4.98 Å². The van der Waals surface area contributed by atoms with Crippen molar-refractivity contribution in [2.45, 2.75) is 45.1 Å². The molecule has 1 saturated carbocycles. The zero-order chi connectivity index (χ0) is 15.4. The molecule has 1 aromatic carbocycles. The molecule has 1 amide bonds. The quantitative estimate of drug-likeness (QED) is 0.854. The van der Waals surface area contributed by atoms with E-state index in [2.05, 4.69) is 33.9 Å². The van der Waals surface area contributed by atoms with Crippen molar-refractivity contribution >= 4 is 5.91 Å². The standard InChI is InChI=1S/C18H23N3O/c1-14-13-20-17(21(14)16-8-9-16)11-12-19-18(22)10-7-15-5-3-2-4-6-15/h2-6,13,16H,7-12H2,1H3,(H,19,22). The maximum atomic E-state index is 11.9. The molecular formula is C18H23N3O. The van der Waals surface area contributed by atoms with E-state index < -0.39 is 0 Å². The summed E-state index contributed by atoms with van der Waals surface area (Å²) in [4.78, 5) is 16.4. The minimum atomic E-state index is 0.116. The van der Waals surface area contributed by atoms with Crippen molar-refractivity contribution in [3.63, 3.8) is 0 Å². The molecule has 0 radical (unpaired) electrons. The van der Waals surface area contributed by atoms with E-state index in [4.69, 9.17) is 0 Å². The lowest BCUT2D eigenvalue weighted by atomic mass is 10.1. The highest BCUT2D eigenvalue weighted by Gasteiger charge is 2.26. The number of rotatable bonds is 7. The molecule has 1 fully saturated rings. The van der Waals surface area contributed by atoms with Crippen molar-refractivity contribution in [1.29, 1.82) is 0 Å². The first kappa shape index (κ1) is 14.8. The lowest BCUT2D eigenvalue weighted by molar-refractivity contribution is -0.121. The Hall–Kier alpha value is -2.10. The van der Waals surface area contributed by atoms with Crippen LogP contribution in [0.1, 0.15) is 42.4 Å². The Balaban J connectivity index is 1.42. The maximum absolute atomic E-state index is 11.9. The zero-order valence-electron chi connectivity index (χ0n) is 13.1. The van der Waals surface area contributed by atoms with Crippen LogP contribution in [0, 0.1) is 6.92 Å². The molecule has 4 heteroatoms. The summed E-state index contributed by atoms with van der Waals surface area (Å²) in [6, 6.07) is 10.8. The Kier molecular flexibility index (Phi) is 4.56. The molecular weight excluding hydrogens is 274 g/mol. The summed E-state index contributed by atoms with van der Waals surface area (Å²) in [5.41, 5.74) is 2.44. The van der Waals surface area contributed by atoms with Crippen LogP contribution in [0.25, 0.3) is 0 Å². The van der Waals surface area contributed by atoms with Gasteiger partial charge in [0.25, 0.3) is 0 Å². The molecule has 3 rings (SSSR count). The smallest absolute Gasteiger partial charge is 0.220 e. The van der Waals surface area contributed by atoms with Crippen LogP contribution in [-0.2, 0) is 17.6 Å². The molecule has 1 heterocycles. The molecule has 4 nitrogen and oxygen atoms in total. The first-order chi connectivity index (χ1) is 10.7. The number of nitrogens with zero attached hydrogens (tertiary/aromatic N) is 2. The molecule has 116 valence electrons. The summed E-state index contributed by atoms with van der Waals surface area (Å²) < 4.78 is 2.33. The van der Waals surface area contributed by atoms with E-state index in [0.717, 1.165) is 18.7 Å². The van der Waals surface area contributed by atoms with Crippen LogP contribution < -0.4 is 5.32 Å². The number of benzene rings is 1. The Labute approximate surface area is 131 Å². The molecule has 1 aromatic heterocycles. The second-order valence-corrected chi connectivity index (χ2v) is 6.00. The minimum Gasteiger partial charge on any atom is -0.356 e. The highest BCUT2D eigenvalue weighted by atomic mass is 16.1. The lowest BCUT2D eigenvalue weighted by Crippen LogP contribution is -2.26. The van der Waals surface area contributed by atoms with Gasteiger partial charge in [0.1, 0.15) is 5.82 Å². The highest BCUT2D eigenvalue weighted by molar-refractivity contribution is 5.76. The van der Waals surface area contributed by atoms with Gasteiger partial charge in [-0.2, -0.15) is 0 Å². The molecule has 22 heavy (non-hydrogen) atoms. The van der Waals surface area contributed by atoms with E-state index in [9.17, 15) is 4.79 Å². The third-order valence-corrected chi connectivity index (χ3v) is 4.12. The van der Waals surface area contributed by atoms with E-state index in [1.165, 1.54) is 24.1 Å². The fourth-order valence-electron chi connectivity index (χ4n) is 2.82. The number of carbonyl (C=O) groups is 1. The SMILES string of the molecule is Cc1cnc(CCNC(=O)CCc2ccccc2)n1C1CC1. The number of aromatic nitrogens is 2. The van der Waals surface area contributed by atoms with Gasteiger partial charge in [0, 0.05) is 37.3 Å². The van der Waals surface area contributed by atoms with Crippen molar-refractivity contribution in [3.05, 3.63) is 53.6 Å². The summed E-state index contributed by atoms with van der Waals surface area (Å²) in [5, 5.41) is 3.00. The van der Waals surface area contributed by atoms with Crippen molar-refractivity contribution in [2.24, 2.45) is 0 Å². The van der Waals surface area contributed by atoms with Crippen molar-refractivity contribution in [2.75, 3.05) is 6.54 Å². The van der Waals surface area contributed by atoms with Crippen LogP contribution in [0.5, 0.6) is 0 Å². The second-order valence-electron chi connectivity index (χ2n) is 6.00. The summed E-state index contributed by atoms with van der Waals surface area (Å²) >= 11 is 0. The van der Waals surface area contributed by atoms with Crippen molar-refractivity contribution in [3.8, 4) is 0 Å². The van der Waals surface area contributed by atoms with E-state index in [1.807, 2.05) is 24.4 Å². The third-order valence-electron chi connectivity index (χ3n) is 4.12. The van der Waals surface area contributed by atoms with E-state index in [0.29, 0.717) is 19.0 Å². The van der Waals surface area contributed by atoms with Gasteiger partial charge in [0.15, 0.2) is 0 Å². The maximum Gasteiger partial charge on any atom is 0.220 e. The fourth-order valence-corrected chi connectivity index (χ4v) is 2.82. The summed E-state index contributed by atoms with van der Waals surface area (Å²) in [6.45, 7) is 2.77. The fraction of sp³-hybridized carbons (Fsp3) is 0.444. The van der Waals surface area contributed by atoms with Crippen LogP contribution >= 0.6 is 0 Å². The topological polar surface area (TPSA) is 46.9 Å².